The first-order valence-corrected chi connectivity index (χ1v) is 3.59. The Balaban J connectivity index is 2.40. The lowest BCUT2D eigenvalue weighted by Gasteiger charge is -2.46. The first-order valence-electron chi connectivity index (χ1n) is 3.59. The summed E-state index contributed by atoms with van der Waals surface area (Å²) in [4.78, 5) is 0. The zero-order valence-corrected chi connectivity index (χ0v) is 6.22. The lowest BCUT2D eigenvalue weighted by molar-refractivity contribution is 0.147. The van der Waals surface area contributed by atoms with E-state index in [4.69, 9.17) is 11.5 Å². The largest absolute Gasteiger partial charge is 0.328 e. The Morgan fingerprint density at radius 2 is 1.89 bits per heavy atom. The Morgan fingerprint density at radius 1 is 1.44 bits per heavy atom. The van der Waals surface area contributed by atoms with Gasteiger partial charge in [-0.2, -0.15) is 0 Å². The molecule has 0 bridgehead atoms. The van der Waals surface area contributed by atoms with Crippen molar-refractivity contribution in [3.8, 4) is 0 Å². The monoisotopic (exact) mass is 128 g/mol. The standard InChI is InChI=1S/C7H16N2/c1-5(2)7(9)3-6(8)4-7/h5-6H,3-4,8-9H2,1-2H3. The van der Waals surface area contributed by atoms with E-state index in [1.807, 2.05) is 0 Å². The van der Waals surface area contributed by atoms with E-state index in [2.05, 4.69) is 13.8 Å². The Morgan fingerprint density at radius 3 is 2.00 bits per heavy atom. The van der Waals surface area contributed by atoms with Crippen LogP contribution in [0.3, 0.4) is 0 Å². The van der Waals surface area contributed by atoms with Crippen molar-refractivity contribution in [1.82, 2.24) is 0 Å². The number of hydrogen-bond acceptors (Lipinski definition) is 2. The van der Waals surface area contributed by atoms with Crippen LogP contribution >= 0.6 is 0 Å². The first-order chi connectivity index (χ1) is 4.04. The van der Waals surface area contributed by atoms with Crippen molar-refractivity contribution < 1.29 is 0 Å². The molecule has 0 unspecified atom stereocenters. The number of rotatable bonds is 1. The Labute approximate surface area is 56.6 Å². The van der Waals surface area contributed by atoms with E-state index in [0.717, 1.165) is 12.8 Å². The van der Waals surface area contributed by atoms with Gasteiger partial charge in [-0.1, -0.05) is 13.8 Å². The highest BCUT2D eigenvalue weighted by atomic mass is 14.9. The van der Waals surface area contributed by atoms with Crippen LogP contribution < -0.4 is 11.5 Å². The van der Waals surface area contributed by atoms with Crippen molar-refractivity contribution in [2.45, 2.75) is 38.3 Å². The van der Waals surface area contributed by atoms with Crippen molar-refractivity contribution in [1.29, 1.82) is 0 Å². The molecule has 0 aromatic rings. The summed E-state index contributed by atoms with van der Waals surface area (Å²) in [6, 6.07) is 0.373. The van der Waals surface area contributed by atoms with Gasteiger partial charge in [-0.3, -0.25) is 0 Å². The first kappa shape index (κ1) is 7.03. The second-order valence-electron chi connectivity index (χ2n) is 3.56. The summed E-state index contributed by atoms with van der Waals surface area (Å²) in [7, 11) is 0. The summed E-state index contributed by atoms with van der Waals surface area (Å²) in [5.74, 6) is 0.581. The van der Waals surface area contributed by atoms with Gasteiger partial charge in [0.15, 0.2) is 0 Å². The summed E-state index contributed by atoms with van der Waals surface area (Å²) >= 11 is 0. The normalized spacial score (nSPS) is 43.0. The fourth-order valence-corrected chi connectivity index (χ4v) is 1.39. The van der Waals surface area contributed by atoms with Crippen LogP contribution in [0.4, 0.5) is 0 Å². The van der Waals surface area contributed by atoms with Crippen LogP contribution in [0.1, 0.15) is 26.7 Å². The molecule has 0 radical (unpaired) electrons. The van der Waals surface area contributed by atoms with Gasteiger partial charge in [0, 0.05) is 11.6 Å². The fraction of sp³-hybridized carbons (Fsp3) is 1.00. The van der Waals surface area contributed by atoms with Crippen molar-refractivity contribution in [3.05, 3.63) is 0 Å². The fourth-order valence-electron chi connectivity index (χ4n) is 1.39. The second kappa shape index (κ2) is 1.96. The topological polar surface area (TPSA) is 52.0 Å². The zero-order chi connectivity index (χ0) is 7.07. The van der Waals surface area contributed by atoms with Crippen LogP contribution in [0.15, 0.2) is 0 Å². The summed E-state index contributed by atoms with van der Waals surface area (Å²) in [5.41, 5.74) is 11.6. The average Bonchev–Trinajstić information content (AvgIpc) is 1.62. The molecule has 0 aromatic carbocycles. The average molecular weight is 128 g/mol. The Kier molecular flexibility index (Phi) is 1.53. The molecular formula is C7H16N2. The van der Waals surface area contributed by atoms with Gasteiger partial charge in [-0.05, 0) is 18.8 Å². The van der Waals surface area contributed by atoms with Crippen molar-refractivity contribution in [2.24, 2.45) is 17.4 Å². The van der Waals surface area contributed by atoms with Crippen LogP contribution in [0, 0.1) is 5.92 Å². The maximum Gasteiger partial charge on any atom is 0.0207 e. The third kappa shape index (κ3) is 1.10. The van der Waals surface area contributed by atoms with Crippen LogP contribution in [0.2, 0.25) is 0 Å². The van der Waals surface area contributed by atoms with Crippen molar-refractivity contribution in [2.75, 3.05) is 0 Å². The van der Waals surface area contributed by atoms with Crippen LogP contribution in [-0.2, 0) is 0 Å². The molecule has 1 saturated carbocycles. The molecule has 0 saturated heterocycles. The maximum atomic E-state index is 5.96. The maximum absolute atomic E-state index is 5.96. The van der Waals surface area contributed by atoms with Gasteiger partial charge in [0.1, 0.15) is 0 Å². The van der Waals surface area contributed by atoms with Gasteiger partial charge in [0.05, 0.1) is 0 Å². The van der Waals surface area contributed by atoms with Crippen LogP contribution in [0.25, 0.3) is 0 Å². The van der Waals surface area contributed by atoms with Crippen LogP contribution in [0.5, 0.6) is 0 Å². The van der Waals surface area contributed by atoms with Gasteiger partial charge in [-0.15, -0.1) is 0 Å². The third-order valence-corrected chi connectivity index (χ3v) is 2.43. The van der Waals surface area contributed by atoms with E-state index in [1.54, 1.807) is 0 Å². The van der Waals surface area contributed by atoms with Crippen LogP contribution in [-0.4, -0.2) is 11.6 Å². The van der Waals surface area contributed by atoms with E-state index >= 15 is 0 Å². The van der Waals surface area contributed by atoms with E-state index in [0.29, 0.717) is 12.0 Å². The number of hydrogen-bond donors (Lipinski definition) is 2. The molecule has 4 N–H and O–H groups in total. The molecule has 0 spiro atoms. The minimum absolute atomic E-state index is 0.0689. The third-order valence-electron chi connectivity index (χ3n) is 2.43. The SMILES string of the molecule is CC(C)C1(N)CC(N)C1. The van der Waals surface area contributed by atoms with Gasteiger partial charge in [0.25, 0.3) is 0 Å². The molecule has 1 fully saturated rings. The van der Waals surface area contributed by atoms with E-state index < -0.39 is 0 Å². The van der Waals surface area contributed by atoms with Gasteiger partial charge >= 0.3 is 0 Å². The van der Waals surface area contributed by atoms with E-state index in [9.17, 15) is 0 Å². The molecule has 2 heteroatoms. The molecule has 1 aliphatic rings. The minimum Gasteiger partial charge on any atom is -0.328 e. The molecule has 1 aliphatic carbocycles. The lowest BCUT2D eigenvalue weighted by atomic mass is 9.67. The highest BCUT2D eigenvalue weighted by Gasteiger charge is 2.40. The molecular weight excluding hydrogens is 112 g/mol. The molecule has 0 heterocycles. The molecule has 54 valence electrons. The minimum atomic E-state index is 0.0689. The highest BCUT2D eigenvalue weighted by molar-refractivity contribution is 5.02. The van der Waals surface area contributed by atoms with Gasteiger partial charge in [-0.25, -0.2) is 0 Å². The molecule has 0 aromatic heterocycles. The predicted molar refractivity (Wildman–Crippen MR) is 39.0 cm³/mol. The molecule has 1 rings (SSSR count). The summed E-state index contributed by atoms with van der Waals surface area (Å²) in [6.07, 6.45) is 2.01. The van der Waals surface area contributed by atoms with Gasteiger partial charge in [0.2, 0.25) is 0 Å². The molecule has 0 aliphatic heterocycles. The predicted octanol–water partition coefficient (Wildman–Crippen LogP) is 0.461. The summed E-state index contributed by atoms with van der Waals surface area (Å²) in [6.45, 7) is 4.32. The van der Waals surface area contributed by atoms with E-state index in [-0.39, 0.29) is 5.54 Å². The second-order valence-corrected chi connectivity index (χ2v) is 3.56. The van der Waals surface area contributed by atoms with Gasteiger partial charge < -0.3 is 11.5 Å². The zero-order valence-electron chi connectivity index (χ0n) is 6.22. The van der Waals surface area contributed by atoms with Crippen molar-refractivity contribution >= 4 is 0 Å². The highest BCUT2D eigenvalue weighted by Crippen LogP contribution is 2.34. The summed E-state index contributed by atoms with van der Waals surface area (Å²) < 4.78 is 0. The smallest absolute Gasteiger partial charge is 0.0207 e. The lowest BCUT2D eigenvalue weighted by Crippen LogP contribution is -2.60. The summed E-state index contributed by atoms with van der Waals surface area (Å²) in [5, 5.41) is 0. The molecule has 9 heavy (non-hydrogen) atoms. The Bertz CT molecular complexity index is 103. The van der Waals surface area contributed by atoms with E-state index in [1.165, 1.54) is 0 Å². The quantitative estimate of drug-likeness (QED) is 0.539. The number of nitrogens with two attached hydrogens (primary N) is 2. The Hall–Kier alpha value is -0.0800. The molecule has 2 nitrogen and oxygen atoms in total. The molecule has 0 atom stereocenters. The van der Waals surface area contributed by atoms with Crippen molar-refractivity contribution in [3.63, 3.8) is 0 Å². The molecule has 0 amide bonds.